The first-order chi connectivity index (χ1) is 12.5. The van der Waals surface area contributed by atoms with Gasteiger partial charge < -0.3 is 20.7 Å². The minimum atomic E-state index is -0.188. The molecule has 0 radical (unpaired) electrons. The molecule has 7 nitrogen and oxygen atoms in total. The fourth-order valence-electron chi connectivity index (χ4n) is 2.83. The Bertz CT molecular complexity index is 792. The summed E-state index contributed by atoms with van der Waals surface area (Å²) in [4.78, 5) is 29.8. The summed E-state index contributed by atoms with van der Waals surface area (Å²) < 4.78 is 5.60. The van der Waals surface area contributed by atoms with Crippen LogP contribution in [0.1, 0.15) is 17.3 Å². The van der Waals surface area contributed by atoms with Crippen molar-refractivity contribution >= 4 is 17.5 Å². The SMILES string of the molecule is CC(=O)N1CCO[C@@H](CNC(=O)c2ccc(-c3cc(N)ccn3)cc2)C1. The third-order valence-electron chi connectivity index (χ3n) is 4.30. The van der Waals surface area contributed by atoms with Crippen molar-refractivity contribution in [2.75, 3.05) is 32.0 Å². The van der Waals surface area contributed by atoms with Gasteiger partial charge in [-0.3, -0.25) is 14.6 Å². The Morgan fingerprint density at radius 3 is 2.77 bits per heavy atom. The maximum atomic E-state index is 12.3. The van der Waals surface area contributed by atoms with E-state index < -0.39 is 0 Å². The normalized spacial score (nSPS) is 17.0. The number of hydrogen-bond acceptors (Lipinski definition) is 5. The molecule has 0 bridgehead atoms. The number of hydrogen-bond donors (Lipinski definition) is 2. The minimum absolute atomic E-state index is 0.0235. The van der Waals surface area contributed by atoms with Crippen LogP contribution in [0, 0.1) is 0 Å². The third kappa shape index (κ3) is 4.37. The summed E-state index contributed by atoms with van der Waals surface area (Å²) >= 11 is 0. The summed E-state index contributed by atoms with van der Waals surface area (Å²) in [5, 5.41) is 2.86. The first kappa shape index (κ1) is 17.9. The Morgan fingerprint density at radius 1 is 1.31 bits per heavy atom. The predicted molar refractivity (Wildman–Crippen MR) is 98.4 cm³/mol. The number of nitrogen functional groups attached to an aromatic ring is 1. The fourth-order valence-corrected chi connectivity index (χ4v) is 2.83. The van der Waals surface area contributed by atoms with E-state index in [1.54, 1.807) is 35.4 Å². The van der Waals surface area contributed by atoms with Gasteiger partial charge in [-0.1, -0.05) is 12.1 Å². The molecule has 1 aliphatic heterocycles. The van der Waals surface area contributed by atoms with Gasteiger partial charge in [-0.25, -0.2) is 0 Å². The molecule has 1 atom stereocenters. The summed E-state index contributed by atoms with van der Waals surface area (Å²) in [6.07, 6.45) is 1.46. The molecule has 0 spiro atoms. The first-order valence-corrected chi connectivity index (χ1v) is 8.50. The van der Waals surface area contributed by atoms with Crippen LogP contribution in [0.2, 0.25) is 0 Å². The largest absolute Gasteiger partial charge is 0.399 e. The highest BCUT2D eigenvalue weighted by atomic mass is 16.5. The Labute approximate surface area is 152 Å². The number of nitrogens with zero attached hydrogens (tertiary/aromatic N) is 2. The van der Waals surface area contributed by atoms with Crippen LogP contribution in [-0.4, -0.2) is 54.0 Å². The number of amides is 2. The molecule has 2 heterocycles. The molecule has 3 rings (SSSR count). The topological polar surface area (TPSA) is 97.5 Å². The molecular weight excluding hydrogens is 332 g/mol. The van der Waals surface area contributed by atoms with Gasteiger partial charge >= 0.3 is 0 Å². The van der Waals surface area contributed by atoms with Gasteiger partial charge in [0.05, 0.1) is 18.4 Å². The lowest BCUT2D eigenvalue weighted by atomic mass is 10.1. The van der Waals surface area contributed by atoms with E-state index in [2.05, 4.69) is 10.3 Å². The second-order valence-electron chi connectivity index (χ2n) is 6.22. The number of pyridine rings is 1. The molecular formula is C19H22N4O3. The number of aromatic nitrogens is 1. The van der Waals surface area contributed by atoms with Gasteiger partial charge in [0, 0.05) is 49.6 Å². The van der Waals surface area contributed by atoms with E-state index in [-0.39, 0.29) is 17.9 Å². The number of rotatable bonds is 4. The first-order valence-electron chi connectivity index (χ1n) is 8.50. The Kier molecular flexibility index (Phi) is 5.48. The Balaban J connectivity index is 1.57. The van der Waals surface area contributed by atoms with Crippen molar-refractivity contribution in [3.63, 3.8) is 0 Å². The molecule has 26 heavy (non-hydrogen) atoms. The molecule has 7 heteroatoms. The zero-order valence-corrected chi connectivity index (χ0v) is 14.6. The van der Waals surface area contributed by atoms with Gasteiger partial charge in [0.25, 0.3) is 5.91 Å². The molecule has 1 fully saturated rings. The molecule has 0 unspecified atom stereocenters. The summed E-state index contributed by atoms with van der Waals surface area (Å²) in [7, 11) is 0. The smallest absolute Gasteiger partial charge is 0.251 e. The average Bonchev–Trinajstić information content (AvgIpc) is 2.66. The molecule has 3 N–H and O–H groups in total. The van der Waals surface area contributed by atoms with Crippen LogP contribution in [0.15, 0.2) is 42.6 Å². The van der Waals surface area contributed by atoms with E-state index in [9.17, 15) is 9.59 Å². The molecule has 0 saturated carbocycles. The van der Waals surface area contributed by atoms with Gasteiger partial charge in [-0.15, -0.1) is 0 Å². The maximum Gasteiger partial charge on any atom is 0.251 e. The van der Waals surface area contributed by atoms with Crippen molar-refractivity contribution in [1.82, 2.24) is 15.2 Å². The van der Waals surface area contributed by atoms with Crippen LogP contribution in [0.25, 0.3) is 11.3 Å². The third-order valence-corrected chi connectivity index (χ3v) is 4.30. The number of ether oxygens (including phenoxy) is 1. The van der Waals surface area contributed by atoms with Crippen LogP contribution in [0.4, 0.5) is 5.69 Å². The zero-order chi connectivity index (χ0) is 18.5. The number of nitrogens with one attached hydrogen (secondary N) is 1. The molecule has 0 aliphatic carbocycles. The van der Waals surface area contributed by atoms with Gasteiger partial charge in [-0.05, 0) is 24.3 Å². The van der Waals surface area contributed by atoms with Crippen LogP contribution in [0.5, 0.6) is 0 Å². The fraction of sp³-hybridized carbons (Fsp3) is 0.316. The lowest BCUT2D eigenvalue weighted by Gasteiger charge is -2.32. The van der Waals surface area contributed by atoms with E-state index in [4.69, 9.17) is 10.5 Å². The molecule has 2 aromatic rings. The van der Waals surface area contributed by atoms with Gasteiger partial charge in [-0.2, -0.15) is 0 Å². The minimum Gasteiger partial charge on any atom is -0.399 e. The van der Waals surface area contributed by atoms with Crippen molar-refractivity contribution in [3.05, 3.63) is 48.2 Å². The highest BCUT2D eigenvalue weighted by Crippen LogP contribution is 2.19. The molecule has 1 aromatic heterocycles. The number of nitrogens with two attached hydrogens (primary N) is 1. The summed E-state index contributed by atoms with van der Waals surface area (Å²) in [6, 6.07) is 10.7. The van der Waals surface area contributed by atoms with E-state index in [1.165, 1.54) is 6.92 Å². The highest BCUT2D eigenvalue weighted by Gasteiger charge is 2.22. The average molecular weight is 354 g/mol. The predicted octanol–water partition coefficient (Wildman–Crippen LogP) is 1.31. The molecule has 1 aromatic carbocycles. The van der Waals surface area contributed by atoms with Crippen LogP contribution in [0.3, 0.4) is 0 Å². The van der Waals surface area contributed by atoms with Crippen molar-refractivity contribution in [2.45, 2.75) is 13.0 Å². The standard InChI is InChI=1S/C19H22N4O3/c1-13(24)23-8-9-26-17(12-23)11-22-19(25)15-4-2-14(3-5-15)18-10-16(20)6-7-21-18/h2-7,10,17H,8-9,11-12H2,1H3,(H2,20,21)(H,22,25)/t17-/m0/s1. The number of carbonyl (C=O) groups is 2. The second kappa shape index (κ2) is 7.97. The van der Waals surface area contributed by atoms with Gasteiger partial charge in [0.1, 0.15) is 0 Å². The van der Waals surface area contributed by atoms with E-state index in [1.807, 2.05) is 12.1 Å². The van der Waals surface area contributed by atoms with Gasteiger partial charge in [0.15, 0.2) is 0 Å². The quantitative estimate of drug-likeness (QED) is 0.863. The number of benzene rings is 1. The summed E-state index contributed by atoms with van der Waals surface area (Å²) in [5.74, 6) is -0.156. The molecule has 136 valence electrons. The van der Waals surface area contributed by atoms with Crippen molar-refractivity contribution in [1.29, 1.82) is 0 Å². The Morgan fingerprint density at radius 2 is 2.08 bits per heavy atom. The lowest BCUT2D eigenvalue weighted by molar-refractivity contribution is -0.136. The maximum absolute atomic E-state index is 12.3. The zero-order valence-electron chi connectivity index (χ0n) is 14.6. The van der Waals surface area contributed by atoms with E-state index >= 15 is 0 Å². The summed E-state index contributed by atoms with van der Waals surface area (Å²) in [6.45, 7) is 3.48. The van der Waals surface area contributed by atoms with E-state index in [0.29, 0.717) is 37.5 Å². The van der Waals surface area contributed by atoms with E-state index in [0.717, 1.165) is 11.3 Å². The second-order valence-corrected chi connectivity index (χ2v) is 6.22. The summed E-state index contributed by atoms with van der Waals surface area (Å²) in [5.41, 5.74) is 8.62. The van der Waals surface area contributed by atoms with Crippen LogP contribution >= 0.6 is 0 Å². The van der Waals surface area contributed by atoms with Crippen molar-refractivity contribution < 1.29 is 14.3 Å². The van der Waals surface area contributed by atoms with Crippen LogP contribution < -0.4 is 11.1 Å². The van der Waals surface area contributed by atoms with Crippen molar-refractivity contribution in [3.8, 4) is 11.3 Å². The molecule has 1 saturated heterocycles. The number of morpholine rings is 1. The van der Waals surface area contributed by atoms with Crippen molar-refractivity contribution in [2.24, 2.45) is 0 Å². The Hall–Kier alpha value is -2.93. The highest BCUT2D eigenvalue weighted by molar-refractivity contribution is 5.94. The molecule has 1 aliphatic rings. The monoisotopic (exact) mass is 354 g/mol. The number of carbonyl (C=O) groups excluding carboxylic acids is 2. The molecule has 2 amide bonds. The number of anilines is 1. The lowest BCUT2D eigenvalue weighted by Crippen LogP contribution is -2.49. The van der Waals surface area contributed by atoms with Gasteiger partial charge in [0.2, 0.25) is 5.91 Å². The van der Waals surface area contributed by atoms with Crippen LogP contribution in [-0.2, 0) is 9.53 Å².